The van der Waals surface area contributed by atoms with Crippen molar-refractivity contribution in [3.63, 3.8) is 0 Å². The first-order valence-electron chi connectivity index (χ1n) is 4.61. The summed E-state index contributed by atoms with van der Waals surface area (Å²) in [5.41, 5.74) is 0.969. The van der Waals surface area contributed by atoms with E-state index < -0.39 is 0 Å². The summed E-state index contributed by atoms with van der Waals surface area (Å²) in [6.45, 7) is 11.7. The van der Waals surface area contributed by atoms with Crippen LogP contribution in [0.2, 0.25) is 0 Å². The van der Waals surface area contributed by atoms with Crippen LogP contribution in [0.25, 0.3) is 12.2 Å². The summed E-state index contributed by atoms with van der Waals surface area (Å²) in [5, 5.41) is 1.16. The number of thiazole rings is 1. The third kappa shape index (κ3) is 2.42. The van der Waals surface area contributed by atoms with Crippen molar-refractivity contribution in [2.75, 3.05) is 0 Å². The highest BCUT2D eigenvalue weighted by atomic mass is 32.1. The molecule has 0 bridgehead atoms. The Morgan fingerprint density at radius 1 is 1.36 bits per heavy atom. The van der Waals surface area contributed by atoms with Crippen molar-refractivity contribution in [3.8, 4) is 0 Å². The zero-order valence-corrected chi connectivity index (χ0v) is 9.47. The van der Waals surface area contributed by atoms with E-state index in [1.54, 1.807) is 23.5 Å². The molecule has 0 atom stereocenters. The van der Waals surface area contributed by atoms with Crippen LogP contribution in [0.4, 0.5) is 0 Å². The van der Waals surface area contributed by atoms with Crippen LogP contribution >= 0.6 is 11.3 Å². The van der Waals surface area contributed by atoms with Gasteiger partial charge in [-0.25, -0.2) is 4.98 Å². The second-order valence-corrected chi connectivity index (χ2v) is 4.32. The second-order valence-electron chi connectivity index (χ2n) is 3.26. The van der Waals surface area contributed by atoms with Gasteiger partial charge in [0, 0.05) is 5.92 Å². The molecule has 0 spiro atoms. The Hall–Kier alpha value is -1.15. The lowest BCUT2D eigenvalue weighted by atomic mass is 10.2. The molecule has 0 saturated carbocycles. The molecule has 74 valence electrons. The van der Waals surface area contributed by atoms with Crippen molar-refractivity contribution in [2.24, 2.45) is 0 Å². The maximum absolute atomic E-state index is 4.50. The van der Waals surface area contributed by atoms with Crippen LogP contribution in [-0.4, -0.2) is 4.98 Å². The highest BCUT2D eigenvalue weighted by Crippen LogP contribution is 2.26. The van der Waals surface area contributed by atoms with Crippen molar-refractivity contribution in [1.29, 1.82) is 0 Å². The largest absolute Gasteiger partial charge is 0.241 e. The lowest BCUT2D eigenvalue weighted by molar-refractivity contribution is 0.851. The highest BCUT2D eigenvalue weighted by Gasteiger charge is 2.08. The summed E-state index contributed by atoms with van der Waals surface area (Å²) in [6, 6.07) is 0. The summed E-state index contributed by atoms with van der Waals surface area (Å²) in [6.07, 6.45) is 7.50. The summed E-state index contributed by atoms with van der Waals surface area (Å²) >= 11 is 1.72. The fraction of sp³-hybridized carbons (Fsp3) is 0.250. The van der Waals surface area contributed by atoms with E-state index in [0.717, 1.165) is 15.6 Å². The third-order valence-corrected chi connectivity index (χ3v) is 3.11. The van der Waals surface area contributed by atoms with E-state index in [4.69, 9.17) is 0 Å². The predicted octanol–water partition coefficient (Wildman–Crippen LogP) is 4.11. The summed E-state index contributed by atoms with van der Waals surface area (Å²) in [4.78, 5) is 5.65. The van der Waals surface area contributed by atoms with E-state index in [2.05, 4.69) is 32.0 Å². The van der Waals surface area contributed by atoms with Crippen molar-refractivity contribution in [2.45, 2.75) is 19.8 Å². The second kappa shape index (κ2) is 4.91. The van der Waals surface area contributed by atoms with Crippen LogP contribution in [0, 0.1) is 0 Å². The average molecular weight is 205 g/mol. The molecular weight excluding hydrogens is 190 g/mol. The maximum Gasteiger partial charge on any atom is 0.0963 e. The van der Waals surface area contributed by atoms with Crippen LogP contribution in [0.15, 0.2) is 25.3 Å². The highest BCUT2D eigenvalue weighted by molar-refractivity contribution is 7.12. The van der Waals surface area contributed by atoms with Gasteiger partial charge in [-0.2, -0.15) is 0 Å². The summed E-state index contributed by atoms with van der Waals surface area (Å²) in [5.74, 6) is 0.476. The van der Waals surface area contributed by atoms with Gasteiger partial charge in [0.25, 0.3) is 0 Å². The van der Waals surface area contributed by atoms with Gasteiger partial charge in [0.1, 0.15) is 0 Å². The zero-order valence-electron chi connectivity index (χ0n) is 8.66. The van der Waals surface area contributed by atoms with Gasteiger partial charge >= 0.3 is 0 Å². The molecule has 1 nitrogen and oxygen atoms in total. The third-order valence-electron chi connectivity index (χ3n) is 1.77. The molecule has 1 rings (SSSR count). The Labute approximate surface area is 89.5 Å². The van der Waals surface area contributed by atoms with Gasteiger partial charge in [-0.3, -0.25) is 0 Å². The fourth-order valence-corrected chi connectivity index (χ4v) is 2.01. The van der Waals surface area contributed by atoms with E-state index >= 15 is 0 Å². The smallest absolute Gasteiger partial charge is 0.0963 e. The van der Waals surface area contributed by atoms with Crippen LogP contribution in [-0.2, 0) is 0 Å². The van der Waals surface area contributed by atoms with E-state index in [9.17, 15) is 0 Å². The zero-order chi connectivity index (χ0) is 10.6. The Kier molecular flexibility index (Phi) is 3.84. The number of hydrogen-bond acceptors (Lipinski definition) is 2. The summed E-state index contributed by atoms with van der Waals surface area (Å²) in [7, 11) is 0. The molecule has 0 aliphatic rings. The maximum atomic E-state index is 4.50. The number of nitrogens with zero attached hydrogens (tertiary/aromatic N) is 1. The van der Waals surface area contributed by atoms with Crippen molar-refractivity contribution >= 4 is 23.5 Å². The Balaban J connectivity index is 3.07. The molecule has 0 amide bonds. The van der Waals surface area contributed by atoms with E-state index in [-0.39, 0.29) is 0 Å². The molecule has 0 unspecified atom stereocenters. The Bertz CT molecular complexity index is 358. The molecule has 14 heavy (non-hydrogen) atoms. The Morgan fingerprint density at radius 3 is 2.57 bits per heavy atom. The molecule has 0 aliphatic carbocycles. The Morgan fingerprint density at radius 2 is 2.07 bits per heavy atom. The van der Waals surface area contributed by atoms with Gasteiger partial charge in [0.05, 0.1) is 15.6 Å². The minimum absolute atomic E-state index is 0.476. The molecule has 0 radical (unpaired) electrons. The van der Waals surface area contributed by atoms with Crippen molar-refractivity contribution in [3.05, 3.63) is 40.9 Å². The van der Waals surface area contributed by atoms with Gasteiger partial charge in [0.15, 0.2) is 0 Å². The number of allylic oxidation sites excluding steroid dienone is 2. The molecule has 1 aromatic heterocycles. The lowest BCUT2D eigenvalue weighted by Crippen LogP contribution is -1.84. The summed E-state index contributed by atoms with van der Waals surface area (Å²) < 4.78 is 0. The monoisotopic (exact) mass is 205 g/mol. The average Bonchev–Trinajstić information content (AvgIpc) is 2.57. The standard InChI is InChI=1S/C12H15NS/c1-5-7-8-11-10(6-2)13-12(14-11)9(3)4/h5-9H,1-2H2,3-4H3/b8-7-. The van der Waals surface area contributed by atoms with E-state index in [1.165, 1.54) is 0 Å². The van der Waals surface area contributed by atoms with Crippen molar-refractivity contribution < 1.29 is 0 Å². The first-order chi connectivity index (χ1) is 6.69. The SMILES string of the molecule is C=C/C=C\c1sc(C(C)C)nc1C=C. The molecule has 0 fully saturated rings. The molecule has 0 aromatic carbocycles. The molecule has 0 N–H and O–H groups in total. The van der Waals surface area contributed by atoms with Crippen LogP contribution in [0.3, 0.4) is 0 Å². The normalized spacial score (nSPS) is 11.1. The minimum atomic E-state index is 0.476. The van der Waals surface area contributed by atoms with Gasteiger partial charge < -0.3 is 0 Å². The number of aromatic nitrogens is 1. The predicted molar refractivity (Wildman–Crippen MR) is 65.5 cm³/mol. The molecule has 0 aliphatic heterocycles. The first kappa shape index (κ1) is 10.9. The van der Waals surface area contributed by atoms with Gasteiger partial charge in [-0.05, 0) is 12.2 Å². The van der Waals surface area contributed by atoms with Crippen LogP contribution in [0.5, 0.6) is 0 Å². The molecule has 0 saturated heterocycles. The van der Waals surface area contributed by atoms with Crippen molar-refractivity contribution in [1.82, 2.24) is 4.98 Å². The van der Waals surface area contributed by atoms with Gasteiger partial charge in [0.2, 0.25) is 0 Å². The van der Waals surface area contributed by atoms with Crippen LogP contribution in [0.1, 0.15) is 35.3 Å². The molecule has 2 heteroatoms. The molecular formula is C12H15NS. The van der Waals surface area contributed by atoms with Gasteiger partial charge in [-0.15, -0.1) is 11.3 Å². The van der Waals surface area contributed by atoms with E-state index in [0.29, 0.717) is 5.92 Å². The lowest BCUT2D eigenvalue weighted by Gasteiger charge is -1.94. The number of rotatable bonds is 4. The molecule has 1 aromatic rings. The minimum Gasteiger partial charge on any atom is -0.241 e. The topological polar surface area (TPSA) is 12.9 Å². The first-order valence-corrected chi connectivity index (χ1v) is 5.43. The molecule has 1 heterocycles. The van der Waals surface area contributed by atoms with E-state index in [1.807, 2.05) is 12.2 Å². The fourth-order valence-electron chi connectivity index (χ4n) is 1.03. The quantitative estimate of drug-likeness (QED) is 0.674. The van der Waals surface area contributed by atoms with Gasteiger partial charge in [-0.1, -0.05) is 39.2 Å². The van der Waals surface area contributed by atoms with Crippen LogP contribution < -0.4 is 0 Å². The number of hydrogen-bond donors (Lipinski definition) is 0.